The van der Waals surface area contributed by atoms with Crippen molar-refractivity contribution in [3.63, 3.8) is 0 Å². The van der Waals surface area contributed by atoms with Gasteiger partial charge in [0.2, 0.25) is 5.91 Å². The molecule has 2 aliphatic rings. The predicted octanol–water partition coefficient (Wildman–Crippen LogP) is 1.49. The van der Waals surface area contributed by atoms with E-state index >= 15 is 0 Å². The maximum atomic E-state index is 12.4. The molecule has 1 heterocycles. The number of fused-ring (bicyclic) bond motifs is 1. The maximum Gasteiger partial charge on any atom is 0.231 e. The molecule has 0 spiro atoms. The van der Waals surface area contributed by atoms with Crippen LogP contribution in [0.25, 0.3) is 0 Å². The number of carbonyl (C=O) groups is 1. The molecule has 1 saturated carbocycles. The van der Waals surface area contributed by atoms with Crippen LogP contribution in [0.5, 0.6) is 0 Å². The molecule has 0 bridgehead atoms. The molecular formula is C14H18N2O. The van der Waals surface area contributed by atoms with Crippen LogP contribution in [0.1, 0.15) is 29.9 Å². The van der Waals surface area contributed by atoms with Crippen molar-refractivity contribution in [1.29, 1.82) is 0 Å². The number of rotatable bonds is 2. The van der Waals surface area contributed by atoms with Gasteiger partial charge in [-0.3, -0.25) is 4.79 Å². The molecule has 90 valence electrons. The van der Waals surface area contributed by atoms with Crippen molar-refractivity contribution in [2.24, 2.45) is 0 Å². The number of carbonyl (C=O) groups excluding carboxylic acids is 1. The molecular weight excluding hydrogens is 212 g/mol. The largest absolute Gasteiger partial charge is 0.342 e. The molecule has 0 aromatic heterocycles. The third-order valence-electron chi connectivity index (χ3n) is 3.83. The Morgan fingerprint density at radius 1 is 1.35 bits per heavy atom. The molecule has 1 unspecified atom stereocenters. The first-order valence-electron chi connectivity index (χ1n) is 6.32. The van der Waals surface area contributed by atoms with Gasteiger partial charge in [0.1, 0.15) is 0 Å². The van der Waals surface area contributed by atoms with E-state index < -0.39 is 0 Å². The van der Waals surface area contributed by atoms with Crippen molar-refractivity contribution in [2.45, 2.75) is 31.3 Å². The van der Waals surface area contributed by atoms with Gasteiger partial charge in [-0.25, -0.2) is 0 Å². The van der Waals surface area contributed by atoms with Crippen molar-refractivity contribution < 1.29 is 4.79 Å². The quantitative estimate of drug-likeness (QED) is 0.835. The Bertz CT molecular complexity index is 440. The highest BCUT2D eigenvalue weighted by Gasteiger charge is 2.35. The summed E-state index contributed by atoms with van der Waals surface area (Å²) < 4.78 is 0. The van der Waals surface area contributed by atoms with Crippen molar-refractivity contribution in [1.82, 2.24) is 10.2 Å². The minimum Gasteiger partial charge on any atom is -0.342 e. The van der Waals surface area contributed by atoms with E-state index in [9.17, 15) is 4.79 Å². The van der Waals surface area contributed by atoms with Crippen molar-refractivity contribution in [2.75, 3.05) is 13.6 Å². The van der Waals surface area contributed by atoms with Gasteiger partial charge in [0.25, 0.3) is 0 Å². The van der Waals surface area contributed by atoms with E-state index in [2.05, 4.69) is 17.4 Å². The summed E-state index contributed by atoms with van der Waals surface area (Å²) in [5, 5.41) is 3.34. The molecule has 3 nitrogen and oxygen atoms in total. The lowest BCUT2D eigenvalue weighted by Crippen LogP contribution is -2.40. The smallest absolute Gasteiger partial charge is 0.231 e. The number of nitrogens with one attached hydrogen (secondary N) is 1. The van der Waals surface area contributed by atoms with Crippen molar-refractivity contribution in [3.8, 4) is 0 Å². The van der Waals surface area contributed by atoms with Crippen LogP contribution in [0.4, 0.5) is 0 Å². The van der Waals surface area contributed by atoms with Gasteiger partial charge in [0, 0.05) is 26.2 Å². The summed E-state index contributed by atoms with van der Waals surface area (Å²) in [7, 11) is 1.94. The lowest BCUT2D eigenvalue weighted by atomic mass is 9.90. The highest BCUT2D eigenvalue weighted by molar-refractivity contribution is 5.85. The van der Waals surface area contributed by atoms with Gasteiger partial charge in [-0.2, -0.15) is 0 Å². The average Bonchev–Trinajstić information content (AvgIpc) is 3.20. The number of amides is 1. The molecule has 1 atom stereocenters. The molecule has 3 heteroatoms. The van der Waals surface area contributed by atoms with Gasteiger partial charge in [0.05, 0.1) is 5.92 Å². The molecule has 17 heavy (non-hydrogen) atoms. The fourth-order valence-corrected chi connectivity index (χ4v) is 2.60. The first-order chi connectivity index (χ1) is 8.27. The molecule has 1 aromatic carbocycles. The van der Waals surface area contributed by atoms with Crippen LogP contribution < -0.4 is 5.32 Å². The standard InChI is InChI=1S/C14H18N2O/c1-16(11-6-7-11)14(17)13-9-15-8-10-4-2-3-5-12(10)13/h2-5,11,13,15H,6-9H2,1H3. The van der Waals surface area contributed by atoms with Crippen LogP contribution in [0, 0.1) is 0 Å². The Balaban J connectivity index is 1.86. The summed E-state index contributed by atoms with van der Waals surface area (Å²) in [6, 6.07) is 8.77. The van der Waals surface area contributed by atoms with Crippen LogP contribution >= 0.6 is 0 Å². The SMILES string of the molecule is CN(C(=O)C1CNCc2ccccc21)C1CC1. The van der Waals surface area contributed by atoms with Crippen LogP contribution in [0.3, 0.4) is 0 Å². The van der Waals surface area contributed by atoms with E-state index in [-0.39, 0.29) is 11.8 Å². The fraction of sp³-hybridized carbons (Fsp3) is 0.500. The third-order valence-corrected chi connectivity index (χ3v) is 3.83. The molecule has 0 radical (unpaired) electrons. The van der Waals surface area contributed by atoms with Crippen molar-refractivity contribution in [3.05, 3.63) is 35.4 Å². The minimum absolute atomic E-state index is 0.00514. The average molecular weight is 230 g/mol. The Hall–Kier alpha value is -1.35. The van der Waals surface area contributed by atoms with Gasteiger partial charge in [-0.15, -0.1) is 0 Å². The first-order valence-corrected chi connectivity index (χ1v) is 6.32. The first kappa shape index (κ1) is 10.8. The van der Waals surface area contributed by atoms with Crippen LogP contribution in [0.15, 0.2) is 24.3 Å². The van der Waals surface area contributed by atoms with Crippen LogP contribution in [-0.2, 0) is 11.3 Å². The zero-order valence-corrected chi connectivity index (χ0v) is 10.1. The Labute approximate surface area is 102 Å². The second-order valence-corrected chi connectivity index (χ2v) is 5.06. The fourth-order valence-electron chi connectivity index (χ4n) is 2.60. The number of hydrogen-bond acceptors (Lipinski definition) is 2. The number of likely N-dealkylation sites (N-methyl/N-ethyl adjacent to an activating group) is 1. The number of hydrogen-bond donors (Lipinski definition) is 1. The lowest BCUT2D eigenvalue weighted by Gasteiger charge is -2.29. The zero-order valence-electron chi connectivity index (χ0n) is 10.1. The molecule has 3 rings (SSSR count). The normalized spacial score (nSPS) is 23.0. The summed E-state index contributed by atoms with van der Waals surface area (Å²) in [4.78, 5) is 14.4. The molecule has 1 amide bonds. The Morgan fingerprint density at radius 3 is 2.88 bits per heavy atom. The Morgan fingerprint density at radius 2 is 2.12 bits per heavy atom. The summed E-state index contributed by atoms with van der Waals surface area (Å²) in [6.07, 6.45) is 2.34. The highest BCUT2D eigenvalue weighted by atomic mass is 16.2. The molecule has 1 aliphatic heterocycles. The van der Waals surface area contributed by atoms with E-state index in [1.165, 1.54) is 24.0 Å². The summed E-state index contributed by atoms with van der Waals surface area (Å²) in [6.45, 7) is 1.65. The zero-order chi connectivity index (χ0) is 11.8. The van der Waals surface area contributed by atoms with Gasteiger partial charge >= 0.3 is 0 Å². The Kier molecular flexibility index (Phi) is 2.63. The molecule has 1 aliphatic carbocycles. The molecule has 1 N–H and O–H groups in total. The van der Waals surface area contributed by atoms with E-state index in [0.717, 1.165) is 13.1 Å². The maximum absolute atomic E-state index is 12.4. The second kappa shape index (κ2) is 4.15. The predicted molar refractivity (Wildman–Crippen MR) is 66.7 cm³/mol. The third kappa shape index (κ3) is 1.95. The van der Waals surface area contributed by atoms with Gasteiger partial charge in [0.15, 0.2) is 0 Å². The lowest BCUT2D eigenvalue weighted by molar-refractivity contribution is -0.132. The van der Waals surface area contributed by atoms with E-state index in [1.54, 1.807) is 0 Å². The molecule has 1 aromatic rings. The molecule has 1 fully saturated rings. The van der Waals surface area contributed by atoms with E-state index in [4.69, 9.17) is 0 Å². The summed E-state index contributed by atoms with van der Waals surface area (Å²) in [5.74, 6) is 0.276. The minimum atomic E-state index is 0.00514. The topological polar surface area (TPSA) is 32.3 Å². The van der Waals surface area contributed by atoms with Crippen LogP contribution in [0.2, 0.25) is 0 Å². The second-order valence-electron chi connectivity index (χ2n) is 5.06. The number of benzene rings is 1. The summed E-state index contributed by atoms with van der Waals surface area (Å²) in [5.41, 5.74) is 2.48. The van der Waals surface area contributed by atoms with Gasteiger partial charge < -0.3 is 10.2 Å². The van der Waals surface area contributed by atoms with Gasteiger partial charge in [-0.1, -0.05) is 24.3 Å². The summed E-state index contributed by atoms with van der Waals surface area (Å²) >= 11 is 0. The van der Waals surface area contributed by atoms with Gasteiger partial charge in [-0.05, 0) is 24.0 Å². The van der Waals surface area contributed by atoms with Crippen molar-refractivity contribution >= 4 is 5.91 Å². The monoisotopic (exact) mass is 230 g/mol. The van der Waals surface area contributed by atoms with E-state index in [1.807, 2.05) is 24.1 Å². The van der Waals surface area contributed by atoms with Crippen LogP contribution in [-0.4, -0.2) is 30.4 Å². The highest BCUT2D eigenvalue weighted by Crippen LogP contribution is 2.31. The molecule has 0 saturated heterocycles. The number of nitrogens with zero attached hydrogens (tertiary/aromatic N) is 1. The van der Waals surface area contributed by atoms with E-state index in [0.29, 0.717) is 6.04 Å².